The number of ether oxygens (including phenoxy) is 1. The number of hydrogen-bond donors (Lipinski definition) is 1. The van der Waals surface area contributed by atoms with Gasteiger partial charge < -0.3 is 9.64 Å². The number of rotatable bonds is 7. The number of carbonyl (C=O) groups excluding carboxylic acids is 1. The number of sulfonamides is 1. The highest BCUT2D eigenvalue weighted by Gasteiger charge is 2.30. The number of nitrogens with one attached hydrogen (secondary N) is 1. The lowest BCUT2D eigenvalue weighted by Crippen LogP contribution is -2.53. The molecule has 1 N–H and O–H groups in total. The Labute approximate surface area is 178 Å². The molecule has 0 saturated carbocycles. The van der Waals surface area contributed by atoms with Crippen LogP contribution in [0.4, 0.5) is 0 Å². The van der Waals surface area contributed by atoms with E-state index in [1.807, 2.05) is 0 Å². The Morgan fingerprint density at radius 3 is 2.27 bits per heavy atom. The first-order chi connectivity index (χ1) is 14.1. The highest BCUT2D eigenvalue weighted by Crippen LogP contribution is 2.16. The zero-order chi connectivity index (χ0) is 21.9. The van der Waals surface area contributed by atoms with E-state index >= 15 is 0 Å². The first kappa shape index (κ1) is 23.1. The molecule has 0 aromatic heterocycles. The molecule has 2 aliphatic rings. The Morgan fingerprint density at radius 2 is 1.73 bits per heavy atom. The largest absolute Gasteiger partial charge is 0.377 e. The molecule has 1 atom stereocenters. The lowest BCUT2D eigenvalue weighted by Gasteiger charge is -2.35. The third-order valence-electron chi connectivity index (χ3n) is 5.25. The summed E-state index contributed by atoms with van der Waals surface area (Å²) in [6, 6.07) is 5.76. The van der Waals surface area contributed by atoms with E-state index in [9.17, 15) is 21.6 Å². The molecule has 168 valence electrons. The first-order valence-corrected chi connectivity index (χ1v) is 12.7. The molecule has 1 unspecified atom stereocenters. The van der Waals surface area contributed by atoms with Gasteiger partial charge in [-0.2, -0.15) is 17.0 Å². The molecule has 2 aliphatic heterocycles. The van der Waals surface area contributed by atoms with Gasteiger partial charge in [0.1, 0.15) is 0 Å². The van der Waals surface area contributed by atoms with Crippen molar-refractivity contribution in [2.24, 2.45) is 0 Å². The van der Waals surface area contributed by atoms with Crippen molar-refractivity contribution in [3.8, 4) is 0 Å². The molecule has 0 radical (unpaired) electrons. The Balaban J connectivity index is 1.59. The van der Waals surface area contributed by atoms with Gasteiger partial charge in [-0.05, 0) is 37.1 Å². The first-order valence-electron chi connectivity index (χ1n) is 9.79. The van der Waals surface area contributed by atoms with Gasteiger partial charge in [0.25, 0.3) is 16.1 Å². The second kappa shape index (κ2) is 9.28. The van der Waals surface area contributed by atoms with Crippen LogP contribution in [0.1, 0.15) is 23.2 Å². The molecule has 2 fully saturated rings. The lowest BCUT2D eigenvalue weighted by molar-refractivity contribution is 0.0695. The minimum absolute atomic E-state index is 0.0824. The van der Waals surface area contributed by atoms with Crippen LogP contribution in [-0.4, -0.2) is 95.8 Å². The predicted octanol–water partition coefficient (Wildman–Crippen LogP) is -0.292. The third kappa shape index (κ3) is 5.18. The monoisotopic (exact) mass is 460 g/mol. The molecule has 12 heteroatoms. The maximum atomic E-state index is 12.7. The van der Waals surface area contributed by atoms with Gasteiger partial charge in [0.05, 0.1) is 11.0 Å². The fourth-order valence-electron chi connectivity index (χ4n) is 3.40. The number of carbonyl (C=O) groups is 1. The minimum atomic E-state index is -3.68. The van der Waals surface area contributed by atoms with Gasteiger partial charge in [-0.15, -0.1) is 0 Å². The lowest BCUT2D eigenvalue weighted by atomic mass is 10.2. The zero-order valence-electron chi connectivity index (χ0n) is 17.2. The van der Waals surface area contributed by atoms with Gasteiger partial charge in [-0.25, -0.2) is 13.1 Å². The molecule has 0 aliphatic carbocycles. The maximum Gasteiger partial charge on any atom is 0.281 e. The second-order valence-corrected chi connectivity index (χ2v) is 11.4. The quantitative estimate of drug-likeness (QED) is 0.598. The Morgan fingerprint density at radius 1 is 1.10 bits per heavy atom. The number of hydrogen-bond acceptors (Lipinski definition) is 6. The SMILES string of the molecule is CN(C)S(=O)(=O)N1CCN(C(=O)c2ccc(S(=O)(=O)NCC3CCCO3)cc2)CC1. The fraction of sp³-hybridized carbons (Fsp3) is 0.611. The average Bonchev–Trinajstić information content (AvgIpc) is 3.26. The molecule has 3 rings (SSSR count). The van der Waals surface area contributed by atoms with Crippen LogP contribution >= 0.6 is 0 Å². The molecule has 10 nitrogen and oxygen atoms in total. The van der Waals surface area contributed by atoms with Crippen molar-refractivity contribution in [3.05, 3.63) is 29.8 Å². The van der Waals surface area contributed by atoms with Gasteiger partial charge in [-0.3, -0.25) is 4.79 Å². The summed E-state index contributed by atoms with van der Waals surface area (Å²) in [5.41, 5.74) is 0.358. The van der Waals surface area contributed by atoms with E-state index in [4.69, 9.17) is 4.74 Å². The summed E-state index contributed by atoms with van der Waals surface area (Å²) in [7, 11) is -4.24. The van der Waals surface area contributed by atoms with Crippen LogP contribution in [0.3, 0.4) is 0 Å². The third-order valence-corrected chi connectivity index (χ3v) is 8.63. The van der Waals surface area contributed by atoms with Crippen molar-refractivity contribution in [2.45, 2.75) is 23.8 Å². The van der Waals surface area contributed by atoms with Crippen LogP contribution in [0.15, 0.2) is 29.2 Å². The van der Waals surface area contributed by atoms with Crippen molar-refractivity contribution in [1.82, 2.24) is 18.2 Å². The van der Waals surface area contributed by atoms with E-state index in [1.54, 1.807) is 4.90 Å². The fourth-order valence-corrected chi connectivity index (χ4v) is 5.56. The van der Waals surface area contributed by atoms with Crippen molar-refractivity contribution in [2.75, 3.05) is 53.4 Å². The highest BCUT2D eigenvalue weighted by atomic mass is 32.2. The second-order valence-electron chi connectivity index (χ2n) is 7.49. The van der Waals surface area contributed by atoms with Crippen LogP contribution in [0.2, 0.25) is 0 Å². The van der Waals surface area contributed by atoms with Gasteiger partial charge in [0, 0.05) is 59.0 Å². The van der Waals surface area contributed by atoms with Crippen molar-refractivity contribution >= 4 is 26.1 Å². The van der Waals surface area contributed by atoms with Crippen molar-refractivity contribution in [3.63, 3.8) is 0 Å². The Kier molecular flexibility index (Phi) is 7.15. The summed E-state index contributed by atoms with van der Waals surface area (Å²) < 4.78 is 59.7. The molecule has 0 spiro atoms. The molecular formula is C18H28N4O6S2. The smallest absolute Gasteiger partial charge is 0.281 e. The summed E-state index contributed by atoms with van der Waals surface area (Å²) >= 11 is 0. The molecule has 1 aromatic carbocycles. The summed E-state index contributed by atoms with van der Waals surface area (Å²) in [6.07, 6.45) is 1.66. The van der Waals surface area contributed by atoms with Crippen molar-refractivity contribution in [1.29, 1.82) is 0 Å². The number of nitrogens with zero attached hydrogens (tertiary/aromatic N) is 3. The Hall–Kier alpha value is -1.57. The summed E-state index contributed by atoms with van der Waals surface area (Å²) in [5.74, 6) is -0.256. The minimum Gasteiger partial charge on any atom is -0.377 e. The van der Waals surface area contributed by atoms with Crippen LogP contribution in [0.25, 0.3) is 0 Å². The maximum absolute atomic E-state index is 12.7. The van der Waals surface area contributed by atoms with Crippen molar-refractivity contribution < 1.29 is 26.4 Å². The van der Waals surface area contributed by atoms with Crippen LogP contribution in [0.5, 0.6) is 0 Å². The summed E-state index contributed by atoms with van der Waals surface area (Å²) in [4.78, 5) is 14.4. The number of amides is 1. The van der Waals surface area contributed by atoms with E-state index in [1.165, 1.54) is 42.7 Å². The van der Waals surface area contributed by atoms with E-state index in [-0.39, 0.29) is 49.6 Å². The normalized spacial score (nSPS) is 21.3. The highest BCUT2D eigenvalue weighted by molar-refractivity contribution is 7.89. The molecular weight excluding hydrogens is 432 g/mol. The Bertz CT molecular complexity index is 949. The van der Waals surface area contributed by atoms with E-state index in [0.29, 0.717) is 12.2 Å². The molecule has 1 aromatic rings. The van der Waals surface area contributed by atoms with Gasteiger partial charge in [-0.1, -0.05) is 0 Å². The van der Waals surface area contributed by atoms with Crippen LogP contribution in [-0.2, 0) is 25.0 Å². The molecule has 2 heterocycles. The van der Waals surface area contributed by atoms with E-state index in [2.05, 4.69) is 4.72 Å². The predicted molar refractivity (Wildman–Crippen MR) is 111 cm³/mol. The molecule has 2 saturated heterocycles. The van der Waals surface area contributed by atoms with E-state index in [0.717, 1.165) is 17.1 Å². The average molecular weight is 461 g/mol. The van der Waals surface area contributed by atoms with E-state index < -0.39 is 20.2 Å². The van der Waals surface area contributed by atoms with Gasteiger partial charge >= 0.3 is 0 Å². The zero-order valence-corrected chi connectivity index (χ0v) is 18.8. The molecule has 30 heavy (non-hydrogen) atoms. The number of piperazine rings is 1. The van der Waals surface area contributed by atoms with Crippen LogP contribution in [0, 0.1) is 0 Å². The summed E-state index contributed by atoms with van der Waals surface area (Å²) in [6.45, 7) is 1.85. The van der Waals surface area contributed by atoms with Gasteiger partial charge in [0.15, 0.2) is 0 Å². The van der Waals surface area contributed by atoms with Gasteiger partial charge in [0.2, 0.25) is 10.0 Å². The van der Waals surface area contributed by atoms with Crippen LogP contribution < -0.4 is 4.72 Å². The molecule has 0 bridgehead atoms. The summed E-state index contributed by atoms with van der Waals surface area (Å²) in [5, 5.41) is 0. The standard InChI is InChI=1S/C18H28N4O6S2/c1-20(2)30(26,27)22-11-9-21(10-12-22)18(23)15-5-7-17(8-6-15)29(24,25)19-14-16-4-3-13-28-16/h5-8,16,19H,3-4,9-14H2,1-2H3. The molecule has 1 amide bonds. The number of benzene rings is 1. The topological polar surface area (TPSA) is 116 Å².